The van der Waals surface area contributed by atoms with Crippen LogP contribution in [0, 0.1) is 0 Å². The zero-order chi connectivity index (χ0) is 13.0. The number of hydrogen-bond donors (Lipinski definition) is 1. The lowest BCUT2D eigenvalue weighted by Gasteiger charge is -2.19. The smallest absolute Gasteiger partial charge is 0.205 e. The van der Waals surface area contributed by atoms with E-state index in [9.17, 15) is 0 Å². The first-order valence-electron chi connectivity index (χ1n) is 7.26. The van der Waals surface area contributed by atoms with E-state index in [1.807, 2.05) is 0 Å². The van der Waals surface area contributed by atoms with Crippen LogP contribution in [0.2, 0.25) is 0 Å². The van der Waals surface area contributed by atoms with Crippen LogP contribution in [0.3, 0.4) is 0 Å². The molecule has 4 heteroatoms. The van der Waals surface area contributed by atoms with Gasteiger partial charge in [0.25, 0.3) is 0 Å². The van der Waals surface area contributed by atoms with Crippen LogP contribution >= 0.6 is 0 Å². The molecule has 1 aromatic heterocycles. The lowest BCUT2D eigenvalue weighted by Crippen LogP contribution is -2.30. The third-order valence-corrected chi connectivity index (χ3v) is 3.80. The van der Waals surface area contributed by atoms with E-state index in [2.05, 4.69) is 41.9 Å². The molecular formula is C14H26N4. The van der Waals surface area contributed by atoms with E-state index < -0.39 is 0 Å². The van der Waals surface area contributed by atoms with E-state index in [1.54, 1.807) is 0 Å². The summed E-state index contributed by atoms with van der Waals surface area (Å²) in [5, 5.41) is 3.37. The first-order valence-corrected chi connectivity index (χ1v) is 7.26. The van der Waals surface area contributed by atoms with Gasteiger partial charge in [0, 0.05) is 31.9 Å². The van der Waals surface area contributed by atoms with E-state index in [-0.39, 0.29) is 0 Å². The zero-order valence-electron chi connectivity index (χ0n) is 11.9. The van der Waals surface area contributed by atoms with Gasteiger partial charge in [-0.1, -0.05) is 20.3 Å². The molecule has 18 heavy (non-hydrogen) atoms. The number of likely N-dealkylation sites (N-methyl/N-ethyl adjacent to an activating group) is 1. The molecule has 1 aliphatic heterocycles. The van der Waals surface area contributed by atoms with Gasteiger partial charge >= 0.3 is 0 Å². The van der Waals surface area contributed by atoms with Gasteiger partial charge in [-0.3, -0.25) is 0 Å². The van der Waals surface area contributed by atoms with Gasteiger partial charge in [0.1, 0.15) is 0 Å². The molecule has 4 nitrogen and oxygen atoms in total. The summed E-state index contributed by atoms with van der Waals surface area (Å²) >= 11 is 0. The molecule has 1 saturated heterocycles. The fourth-order valence-corrected chi connectivity index (χ4v) is 2.55. The molecule has 2 heterocycles. The van der Waals surface area contributed by atoms with Gasteiger partial charge in [-0.15, -0.1) is 0 Å². The van der Waals surface area contributed by atoms with Crippen molar-refractivity contribution in [3.05, 3.63) is 11.9 Å². The molecule has 0 aromatic carbocycles. The summed E-state index contributed by atoms with van der Waals surface area (Å²) in [7, 11) is 2.05. The van der Waals surface area contributed by atoms with Gasteiger partial charge in [0.15, 0.2) is 0 Å². The molecule has 1 atom stereocenters. The number of hydrogen-bond acceptors (Lipinski definition) is 3. The maximum absolute atomic E-state index is 4.79. The van der Waals surface area contributed by atoms with E-state index >= 15 is 0 Å². The molecule has 1 N–H and O–H groups in total. The summed E-state index contributed by atoms with van der Waals surface area (Å²) < 4.78 is 2.35. The largest absolute Gasteiger partial charge is 0.341 e. The van der Waals surface area contributed by atoms with Crippen molar-refractivity contribution in [3.63, 3.8) is 0 Å². The Morgan fingerprint density at radius 1 is 1.44 bits per heavy atom. The highest BCUT2D eigenvalue weighted by atomic mass is 15.3. The second-order valence-electron chi connectivity index (χ2n) is 5.15. The molecule has 0 aliphatic carbocycles. The van der Waals surface area contributed by atoms with Gasteiger partial charge in [-0.05, 0) is 26.3 Å². The second kappa shape index (κ2) is 6.23. The number of rotatable bonds is 6. The van der Waals surface area contributed by atoms with Gasteiger partial charge in [0.05, 0.1) is 5.69 Å². The number of nitrogens with one attached hydrogen (secondary N) is 1. The molecular weight excluding hydrogens is 224 g/mol. The van der Waals surface area contributed by atoms with Crippen molar-refractivity contribution in [1.82, 2.24) is 14.9 Å². The molecule has 0 saturated carbocycles. The Labute approximate surface area is 110 Å². The van der Waals surface area contributed by atoms with Crippen molar-refractivity contribution >= 4 is 5.95 Å². The van der Waals surface area contributed by atoms with Crippen molar-refractivity contribution in [3.8, 4) is 0 Å². The Morgan fingerprint density at radius 3 is 2.89 bits per heavy atom. The molecule has 0 radical (unpaired) electrons. The number of unbranched alkanes of at least 4 members (excludes halogenated alkanes) is 1. The summed E-state index contributed by atoms with van der Waals surface area (Å²) in [5.74, 6) is 1.18. The SMILES string of the molecule is CCCCn1cc(CC)nc1N1CCC(NC)C1. The fraction of sp³-hybridized carbons (Fsp3) is 0.786. The first-order chi connectivity index (χ1) is 8.78. The van der Waals surface area contributed by atoms with E-state index in [0.717, 1.165) is 26.1 Å². The van der Waals surface area contributed by atoms with Crippen molar-refractivity contribution < 1.29 is 0 Å². The van der Waals surface area contributed by atoms with Crippen LogP contribution in [-0.2, 0) is 13.0 Å². The molecule has 2 rings (SSSR count). The standard InChI is InChI=1S/C14H26N4/c1-4-6-8-17-10-12(5-2)16-14(17)18-9-7-13(11-18)15-3/h10,13,15H,4-9,11H2,1-3H3. The third kappa shape index (κ3) is 2.86. The summed E-state index contributed by atoms with van der Waals surface area (Å²) in [6, 6.07) is 0.617. The molecule has 1 unspecified atom stereocenters. The van der Waals surface area contributed by atoms with Gasteiger partial charge in [0.2, 0.25) is 5.95 Å². The van der Waals surface area contributed by atoms with E-state index in [4.69, 9.17) is 4.98 Å². The molecule has 1 aromatic rings. The fourth-order valence-electron chi connectivity index (χ4n) is 2.55. The summed E-state index contributed by atoms with van der Waals surface area (Å²) in [6.45, 7) is 7.72. The van der Waals surface area contributed by atoms with Crippen LogP contribution in [0.4, 0.5) is 5.95 Å². The number of imidazole rings is 1. The molecule has 102 valence electrons. The minimum absolute atomic E-state index is 0.617. The second-order valence-corrected chi connectivity index (χ2v) is 5.15. The lowest BCUT2D eigenvalue weighted by atomic mass is 10.3. The number of nitrogens with zero attached hydrogens (tertiary/aromatic N) is 3. The lowest BCUT2D eigenvalue weighted by molar-refractivity contribution is 0.606. The Bertz CT molecular complexity index is 372. The van der Waals surface area contributed by atoms with Crippen molar-refractivity contribution in [2.45, 2.75) is 52.1 Å². The molecule has 0 spiro atoms. The van der Waals surface area contributed by atoms with Crippen LogP contribution in [0.15, 0.2) is 6.20 Å². The van der Waals surface area contributed by atoms with Crippen LogP contribution in [0.5, 0.6) is 0 Å². The minimum Gasteiger partial charge on any atom is -0.341 e. The highest BCUT2D eigenvalue weighted by Crippen LogP contribution is 2.21. The maximum atomic E-state index is 4.79. The molecule has 1 fully saturated rings. The van der Waals surface area contributed by atoms with Crippen molar-refractivity contribution in [1.29, 1.82) is 0 Å². The van der Waals surface area contributed by atoms with Gasteiger partial charge in [-0.2, -0.15) is 0 Å². The van der Waals surface area contributed by atoms with E-state index in [1.165, 1.54) is 30.9 Å². The normalized spacial score (nSPS) is 19.7. The van der Waals surface area contributed by atoms with Crippen LogP contribution in [0.1, 0.15) is 38.8 Å². The highest BCUT2D eigenvalue weighted by molar-refractivity contribution is 5.35. The maximum Gasteiger partial charge on any atom is 0.205 e. The first kappa shape index (κ1) is 13.4. The van der Waals surface area contributed by atoms with Crippen LogP contribution in [0.25, 0.3) is 0 Å². The quantitative estimate of drug-likeness (QED) is 0.839. The third-order valence-electron chi connectivity index (χ3n) is 3.80. The Hall–Kier alpha value is -1.03. The zero-order valence-corrected chi connectivity index (χ0v) is 11.9. The number of aryl methyl sites for hydroxylation is 2. The predicted octanol–water partition coefficient (Wildman–Crippen LogP) is 2.04. The number of aromatic nitrogens is 2. The van der Waals surface area contributed by atoms with E-state index in [0.29, 0.717) is 6.04 Å². The Kier molecular flexibility index (Phi) is 4.64. The predicted molar refractivity (Wildman–Crippen MR) is 76.2 cm³/mol. The van der Waals surface area contributed by atoms with Crippen molar-refractivity contribution in [2.24, 2.45) is 0 Å². The molecule has 0 bridgehead atoms. The Morgan fingerprint density at radius 2 is 2.28 bits per heavy atom. The molecule has 0 amide bonds. The average molecular weight is 250 g/mol. The average Bonchev–Trinajstić information content (AvgIpc) is 3.02. The van der Waals surface area contributed by atoms with Crippen molar-refractivity contribution in [2.75, 3.05) is 25.0 Å². The van der Waals surface area contributed by atoms with Gasteiger partial charge < -0.3 is 14.8 Å². The monoisotopic (exact) mass is 250 g/mol. The van der Waals surface area contributed by atoms with Crippen LogP contribution in [-0.4, -0.2) is 35.7 Å². The van der Waals surface area contributed by atoms with Gasteiger partial charge in [-0.25, -0.2) is 4.98 Å². The molecule has 1 aliphatic rings. The summed E-state index contributed by atoms with van der Waals surface area (Å²) in [4.78, 5) is 7.22. The highest BCUT2D eigenvalue weighted by Gasteiger charge is 2.24. The minimum atomic E-state index is 0.617. The summed E-state index contributed by atoms with van der Waals surface area (Å²) in [6.07, 6.45) is 6.94. The Balaban J connectivity index is 2.12. The topological polar surface area (TPSA) is 33.1 Å². The summed E-state index contributed by atoms with van der Waals surface area (Å²) in [5.41, 5.74) is 1.22. The number of anilines is 1. The van der Waals surface area contributed by atoms with Crippen LogP contribution < -0.4 is 10.2 Å².